The van der Waals surface area contributed by atoms with Crippen molar-refractivity contribution in [1.29, 1.82) is 0 Å². The zero-order chi connectivity index (χ0) is 13.8. The minimum atomic E-state index is -0.763. The first-order valence-corrected chi connectivity index (χ1v) is 8.06. The zero-order valence-electron chi connectivity index (χ0n) is 11.4. The van der Waals surface area contributed by atoms with Gasteiger partial charge in [0, 0.05) is 54.0 Å². The summed E-state index contributed by atoms with van der Waals surface area (Å²) in [5.74, 6) is 1.44. The number of carbonyl (C=O) groups excluding carboxylic acids is 1. The van der Waals surface area contributed by atoms with Gasteiger partial charge in [-0.3, -0.25) is 9.00 Å². The quantitative estimate of drug-likeness (QED) is 0.888. The fraction of sp³-hybridized carbons (Fsp3) is 0.500. The molecule has 1 aromatic carbocycles. The first-order valence-electron chi connectivity index (χ1n) is 6.57. The highest BCUT2D eigenvalue weighted by molar-refractivity contribution is 7.84. The van der Waals surface area contributed by atoms with Gasteiger partial charge in [0.15, 0.2) is 0 Å². The van der Waals surface area contributed by atoms with Crippen LogP contribution in [-0.2, 0) is 15.6 Å². The van der Waals surface area contributed by atoms with Crippen molar-refractivity contribution in [2.75, 3.05) is 30.0 Å². The molecule has 0 saturated carbocycles. The number of para-hydroxylation sites is 1. The Labute approximate surface area is 116 Å². The summed E-state index contributed by atoms with van der Waals surface area (Å²) in [4.78, 5) is 13.7. The van der Waals surface area contributed by atoms with Gasteiger partial charge in [0.2, 0.25) is 5.91 Å². The SMILES string of the molecule is CCS(=O)CCNC1CC(=O)N(C)c2ccccc21. The van der Waals surface area contributed by atoms with Gasteiger partial charge in [-0.1, -0.05) is 25.1 Å². The van der Waals surface area contributed by atoms with Gasteiger partial charge in [-0.15, -0.1) is 0 Å². The van der Waals surface area contributed by atoms with Crippen LogP contribution in [0, 0.1) is 0 Å². The van der Waals surface area contributed by atoms with Crippen molar-refractivity contribution in [3.05, 3.63) is 29.8 Å². The van der Waals surface area contributed by atoms with Crippen molar-refractivity contribution in [2.24, 2.45) is 0 Å². The molecular weight excluding hydrogens is 260 g/mol. The lowest BCUT2D eigenvalue weighted by molar-refractivity contribution is -0.119. The highest BCUT2D eigenvalue weighted by Gasteiger charge is 2.28. The molecular formula is C14H20N2O2S. The largest absolute Gasteiger partial charge is 0.315 e. The minimum absolute atomic E-state index is 0.0359. The van der Waals surface area contributed by atoms with Crippen molar-refractivity contribution < 1.29 is 9.00 Å². The highest BCUT2D eigenvalue weighted by atomic mass is 32.2. The number of carbonyl (C=O) groups is 1. The molecule has 1 aliphatic heterocycles. The molecule has 4 nitrogen and oxygen atoms in total. The van der Waals surface area contributed by atoms with Gasteiger partial charge < -0.3 is 10.2 Å². The number of hydrogen-bond acceptors (Lipinski definition) is 3. The molecule has 2 unspecified atom stereocenters. The summed E-state index contributed by atoms with van der Waals surface area (Å²) in [6, 6.07) is 7.98. The van der Waals surface area contributed by atoms with Crippen molar-refractivity contribution >= 4 is 22.4 Å². The topological polar surface area (TPSA) is 49.4 Å². The third kappa shape index (κ3) is 3.22. The number of rotatable bonds is 5. The van der Waals surface area contributed by atoms with E-state index in [0.717, 1.165) is 11.3 Å². The van der Waals surface area contributed by atoms with Crippen LogP contribution in [0.1, 0.15) is 24.9 Å². The van der Waals surface area contributed by atoms with Gasteiger partial charge in [-0.05, 0) is 11.6 Å². The fourth-order valence-electron chi connectivity index (χ4n) is 2.32. The molecule has 0 aliphatic carbocycles. The molecule has 0 radical (unpaired) electrons. The molecule has 0 fully saturated rings. The van der Waals surface area contributed by atoms with E-state index in [0.29, 0.717) is 24.5 Å². The van der Waals surface area contributed by atoms with Gasteiger partial charge in [0.1, 0.15) is 0 Å². The van der Waals surface area contributed by atoms with E-state index in [1.165, 1.54) is 0 Å². The number of hydrogen-bond donors (Lipinski definition) is 1. The van der Waals surface area contributed by atoms with E-state index < -0.39 is 10.8 Å². The molecule has 1 aliphatic rings. The maximum atomic E-state index is 11.9. The standard InChI is InChI=1S/C14H20N2O2S/c1-3-19(18)9-8-15-12-10-14(17)16(2)13-7-5-4-6-11(12)13/h4-7,12,15H,3,8-10H2,1-2H3. The molecule has 104 valence electrons. The van der Waals surface area contributed by atoms with E-state index >= 15 is 0 Å². The maximum absolute atomic E-state index is 11.9. The third-order valence-corrected chi connectivity index (χ3v) is 4.77. The van der Waals surface area contributed by atoms with Crippen LogP contribution in [-0.4, -0.2) is 35.2 Å². The second-order valence-corrected chi connectivity index (χ2v) is 6.52. The molecule has 2 atom stereocenters. The molecule has 5 heteroatoms. The summed E-state index contributed by atoms with van der Waals surface area (Å²) in [6.45, 7) is 2.60. The summed E-state index contributed by atoms with van der Waals surface area (Å²) >= 11 is 0. The normalized spacial score (nSPS) is 20.2. The Morgan fingerprint density at radius 3 is 2.89 bits per heavy atom. The Bertz CT molecular complexity index is 490. The average molecular weight is 280 g/mol. The Morgan fingerprint density at radius 1 is 1.42 bits per heavy atom. The number of nitrogens with one attached hydrogen (secondary N) is 1. The van der Waals surface area contributed by atoms with Crippen LogP contribution in [0.25, 0.3) is 0 Å². The number of nitrogens with zero attached hydrogens (tertiary/aromatic N) is 1. The molecule has 0 saturated heterocycles. The lowest BCUT2D eigenvalue weighted by Crippen LogP contribution is -2.38. The second-order valence-electron chi connectivity index (χ2n) is 4.66. The maximum Gasteiger partial charge on any atom is 0.228 e. The number of fused-ring (bicyclic) bond motifs is 1. The van der Waals surface area contributed by atoms with Crippen LogP contribution in [0.2, 0.25) is 0 Å². The predicted molar refractivity (Wildman–Crippen MR) is 78.8 cm³/mol. The van der Waals surface area contributed by atoms with Gasteiger partial charge in [-0.2, -0.15) is 0 Å². The van der Waals surface area contributed by atoms with Crippen LogP contribution >= 0.6 is 0 Å². The first-order chi connectivity index (χ1) is 9.13. The van der Waals surface area contributed by atoms with Crippen LogP contribution in [0.4, 0.5) is 5.69 Å². The molecule has 1 N–H and O–H groups in total. The summed E-state index contributed by atoms with van der Waals surface area (Å²) in [5, 5.41) is 3.35. The van der Waals surface area contributed by atoms with E-state index in [-0.39, 0.29) is 11.9 Å². The molecule has 1 amide bonds. The van der Waals surface area contributed by atoms with Crippen molar-refractivity contribution in [3.8, 4) is 0 Å². The molecule has 0 spiro atoms. The Hall–Kier alpha value is -1.20. The fourth-order valence-corrected chi connectivity index (χ4v) is 2.95. The Kier molecular flexibility index (Phi) is 4.71. The van der Waals surface area contributed by atoms with Crippen LogP contribution in [0.5, 0.6) is 0 Å². The summed E-state index contributed by atoms with van der Waals surface area (Å²) in [7, 11) is 1.05. The predicted octanol–water partition coefficient (Wildman–Crippen LogP) is 1.45. The Balaban J connectivity index is 2.07. The van der Waals surface area contributed by atoms with E-state index in [1.54, 1.807) is 4.90 Å². The van der Waals surface area contributed by atoms with Crippen molar-refractivity contribution in [1.82, 2.24) is 5.32 Å². The van der Waals surface area contributed by atoms with E-state index in [4.69, 9.17) is 0 Å². The van der Waals surface area contributed by atoms with Crippen LogP contribution < -0.4 is 10.2 Å². The molecule has 19 heavy (non-hydrogen) atoms. The third-order valence-electron chi connectivity index (χ3n) is 3.47. The van der Waals surface area contributed by atoms with Gasteiger partial charge in [-0.25, -0.2) is 0 Å². The number of benzene rings is 1. The molecule has 2 rings (SSSR count). The molecule has 0 aromatic heterocycles. The minimum Gasteiger partial charge on any atom is -0.315 e. The summed E-state index contributed by atoms with van der Waals surface area (Å²) < 4.78 is 11.4. The molecule has 1 heterocycles. The molecule has 1 aromatic rings. The van der Waals surface area contributed by atoms with E-state index in [1.807, 2.05) is 38.2 Å². The monoisotopic (exact) mass is 280 g/mol. The van der Waals surface area contributed by atoms with Gasteiger partial charge >= 0.3 is 0 Å². The zero-order valence-corrected chi connectivity index (χ0v) is 12.2. The first kappa shape index (κ1) is 14.2. The smallest absolute Gasteiger partial charge is 0.228 e. The van der Waals surface area contributed by atoms with Crippen LogP contribution in [0.3, 0.4) is 0 Å². The number of anilines is 1. The number of amides is 1. The average Bonchev–Trinajstić information content (AvgIpc) is 2.44. The summed E-state index contributed by atoms with van der Waals surface area (Å²) in [5.41, 5.74) is 2.11. The molecule has 0 bridgehead atoms. The van der Waals surface area contributed by atoms with Crippen molar-refractivity contribution in [2.45, 2.75) is 19.4 Å². The highest BCUT2D eigenvalue weighted by Crippen LogP contribution is 2.33. The summed E-state index contributed by atoms with van der Waals surface area (Å²) in [6.07, 6.45) is 0.465. The lowest BCUT2D eigenvalue weighted by atomic mass is 9.96. The van der Waals surface area contributed by atoms with Crippen LogP contribution in [0.15, 0.2) is 24.3 Å². The van der Waals surface area contributed by atoms with Gasteiger partial charge in [0.25, 0.3) is 0 Å². The van der Waals surface area contributed by atoms with Crippen molar-refractivity contribution in [3.63, 3.8) is 0 Å². The Morgan fingerprint density at radius 2 is 2.16 bits per heavy atom. The van der Waals surface area contributed by atoms with Gasteiger partial charge in [0.05, 0.1) is 0 Å². The second kappa shape index (κ2) is 6.30. The van der Waals surface area contributed by atoms with E-state index in [2.05, 4.69) is 5.32 Å². The van der Waals surface area contributed by atoms with E-state index in [9.17, 15) is 9.00 Å². The lowest BCUT2D eigenvalue weighted by Gasteiger charge is -2.32.